The molecule has 2 aromatic rings. The number of nitrogens with one attached hydrogen (secondary N) is 1. The minimum Gasteiger partial charge on any atom is -0.354 e. The molecule has 1 N–H and O–H groups in total. The summed E-state index contributed by atoms with van der Waals surface area (Å²) in [5.41, 5.74) is 2.48. The largest absolute Gasteiger partial charge is 0.354 e. The standard InChI is InChI=1S/C17H23N3OS/c1-11-14(19-16(22-11)20(5)6)12-7-9-13(10-8-12)18-15(21)17(2,3)4/h7-10H,1-6H3,(H,18,21). The van der Waals surface area contributed by atoms with Crippen molar-refractivity contribution in [2.75, 3.05) is 24.3 Å². The predicted octanol–water partition coefficient (Wildman–Crippen LogP) is 4.17. The molecule has 22 heavy (non-hydrogen) atoms. The van der Waals surface area contributed by atoms with Crippen LogP contribution in [0.5, 0.6) is 0 Å². The zero-order valence-electron chi connectivity index (χ0n) is 14.0. The Morgan fingerprint density at radius 3 is 2.23 bits per heavy atom. The Labute approximate surface area is 136 Å². The van der Waals surface area contributed by atoms with Crippen LogP contribution in [-0.2, 0) is 4.79 Å². The van der Waals surface area contributed by atoms with Gasteiger partial charge in [-0.3, -0.25) is 4.79 Å². The molecule has 0 aliphatic carbocycles. The lowest BCUT2D eigenvalue weighted by atomic mass is 9.95. The second-order valence-electron chi connectivity index (χ2n) is 6.58. The first-order chi connectivity index (χ1) is 10.2. The van der Waals surface area contributed by atoms with E-state index < -0.39 is 5.41 Å². The second kappa shape index (κ2) is 6.08. The number of aryl methyl sites for hydroxylation is 1. The van der Waals surface area contributed by atoms with Crippen molar-refractivity contribution in [2.45, 2.75) is 27.7 Å². The van der Waals surface area contributed by atoms with Gasteiger partial charge in [0.25, 0.3) is 0 Å². The zero-order valence-corrected chi connectivity index (χ0v) is 14.8. The molecule has 1 aromatic carbocycles. The number of nitrogens with zero attached hydrogens (tertiary/aromatic N) is 2. The fraction of sp³-hybridized carbons (Fsp3) is 0.412. The lowest BCUT2D eigenvalue weighted by molar-refractivity contribution is -0.123. The number of benzene rings is 1. The summed E-state index contributed by atoms with van der Waals surface area (Å²) in [7, 11) is 3.99. The Hall–Kier alpha value is -1.88. The number of carbonyl (C=O) groups is 1. The van der Waals surface area contributed by atoms with E-state index >= 15 is 0 Å². The van der Waals surface area contributed by atoms with Crippen LogP contribution in [0.4, 0.5) is 10.8 Å². The lowest BCUT2D eigenvalue weighted by Crippen LogP contribution is -2.27. The van der Waals surface area contributed by atoms with Gasteiger partial charge in [-0.25, -0.2) is 4.98 Å². The predicted molar refractivity (Wildman–Crippen MR) is 94.7 cm³/mol. The van der Waals surface area contributed by atoms with E-state index in [9.17, 15) is 4.79 Å². The van der Waals surface area contributed by atoms with Gasteiger partial charge in [0.2, 0.25) is 5.91 Å². The number of rotatable bonds is 3. The second-order valence-corrected chi connectivity index (χ2v) is 7.76. The highest BCUT2D eigenvalue weighted by atomic mass is 32.1. The molecule has 0 saturated carbocycles. The minimum absolute atomic E-state index is 0.0139. The molecule has 0 spiro atoms. The van der Waals surface area contributed by atoms with Gasteiger partial charge in [0, 0.05) is 35.6 Å². The zero-order chi connectivity index (χ0) is 16.5. The lowest BCUT2D eigenvalue weighted by Gasteiger charge is -2.17. The summed E-state index contributed by atoms with van der Waals surface area (Å²) in [5.74, 6) is 0.0139. The maximum Gasteiger partial charge on any atom is 0.229 e. The smallest absolute Gasteiger partial charge is 0.229 e. The van der Waals surface area contributed by atoms with E-state index in [-0.39, 0.29) is 5.91 Å². The molecule has 0 fully saturated rings. The summed E-state index contributed by atoms with van der Waals surface area (Å²) >= 11 is 1.68. The molecule has 118 valence electrons. The number of amides is 1. The van der Waals surface area contributed by atoms with Crippen molar-refractivity contribution >= 4 is 28.1 Å². The van der Waals surface area contributed by atoms with Crippen molar-refractivity contribution in [2.24, 2.45) is 5.41 Å². The van der Waals surface area contributed by atoms with Gasteiger partial charge >= 0.3 is 0 Å². The van der Waals surface area contributed by atoms with Crippen LogP contribution in [0.25, 0.3) is 11.3 Å². The average molecular weight is 317 g/mol. The van der Waals surface area contributed by atoms with Crippen molar-refractivity contribution in [1.29, 1.82) is 0 Å². The Morgan fingerprint density at radius 1 is 1.18 bits per heavy atom. The van der Waals surface area contributed by atoms with Crippen LogP contribution in [0.2, 0.25) is 0 Å². The molecule has 0 aliphatic rings. The molecule has 0 atom stereocenters. The number of thiazole rings is 1. The van der Waals surface area contributed by atoms with Gasteiger partial charge in [0.05, 0.1) is 5.69 Å². The third-order valence-electron chi connectivity index (χ3n) is 3.27. The van der Waals surface area contributed by atoms with Gasteiger partial charge in [0.1, 0.15) is 0 Å². The molecular weight excluding hydrogens is 294 g/mol. The summed E-state index contributed by atoms with van der Waals surface area (Å²) in [6.07, 6.45) is 0. The molecule has 0 bridgehead atoms. The summed E-state index contributed by atoms with van der Waals surface area (Å²) in [6, 6.07) is 7.85. The molecule has 2 rings (SSSR count). The Morgan fingerprint density at radius 2 is 1.77 bits per heavy atom. The van der Waals surface area contributed by atoms with Crippen LogP contribution in [0.15, 0.2) is 24.3 Å². The third kappa shape index (κ3) is 3.65. The van der Waals surface area contributed by atoms with E-state index in [1.165, 1.54) is 4.88 Å². The number of hydrogen-bond donors (Lipinski definition) is 1. The van der Waals surface area contributed by atoms with E-state index in [1.54, 1.807) is 11.3 Å². The van der Waals surface area contributed by atoms with E-state index in [4.69, 9.17) is 0 Å². The van der Waals surface area contributed by atoms with Crippen molar-refractivity contribution in [1.82, 2.24) is 4.98 Å². The Kier molecular flexibility index (Phi) is 4.56. The number of anilines is 2. The molecule has 0 radical (unpaired) electrons. The molecular formula is C17H23N3OS. The van der Waals surface area contributed by atoms with Crippen molar-refractivity contribution in [3.8, 4) is 11.3 Å². The molecule has 4 nitrogen and oxygen atoms in total. The quantitative estimate of drug-likeness (QED) is 0.924. The molecule has 1 amide bonds. The Balaban J connectivity index is 2.21. The highest BCUT2D eigenvalue weighted by Crippen LogP contribution is 2.32. The fourth-order valence-electron chi connectivity index (χ4n) is 1.87. The number of carbonyl (C=O) groups excluding carboxylic acids is 1. The first-order valence-electron chi connectivity index (χ1n) is 7.25. The fourth-order valence-corrected chi connectivity index (χ4v) is 2.73. The highest BCUT2D eigenvalue weighted by molar-refractivity contribution is 7.16. The summed E-state index contributed by atoms with van der Waals surface area (Å²) in [6.45, 7) is 7.78. The molecule has 5 heteroatoms. The number of hydrogen-bond acceptors (Lipinski definition) is 4. The van der Waals surface area contributed by atoms with Crippen LogP contribution in [0.1, 0.15) is 25.6 Å². The van der Waals surface area contributed by atoms with Crippen molar-refractivity contribution in [3.05, 3.63) is 29.1 Å². The van der Waals surface area contributed by atoms with Gasteiger partial charge in [-0.2, -0.15) is 0 Å². The van der Waals surface area contributed by atoms with Gasteiger partial charge in [0.15, 0.2) is 5.13 Å². The van der Waals surface area contributed by atoms with Crippen molar-refractivity contribution in [3.63, 3.8) is 0 Å². The highest BCUT2D eigenvalue weighted by Gasteiger charge is 2.21. The van der Waals surface area contributed by atoms with E-state index in [0.717, 1.165) is 22.1 Å². The molecule has 1 heterocycles. The SMILES string of the molecule is Cc1sc(N(C)C)nc1-c1ccc(NC(=O)C(C)(C)C)cc1. The van der Waals surface area contributed by atoms with Gasteiger partial charge in [-0.05, 0) is 19.1 Å². The summed E-state index contributed by atoms with van der Waals surface area (Å²) in [4.78, 5) is 19.9. The maximum absolute atomic E-state index is 12.0. The topological polar surface area (TPSA) is 45.2 Å². The maximum atomic E-state index is 12.0. The monoisotopic (exact) mass is 317 g/mol. The molecule has 0 unspecified atom stereocenters. The third-order valence-corrected chi connectivity index (χ3v) is 4.40. The van der Waals surface area contributed by atoms with Gasteiger partial charge in [-0.15, -0.1) is 11.3 Å². The number of aromatic nitrogens is 1. The van der Waals surface area contributed by atoms with Gasteiger partial charge in [-0.1, -0.05) is 32.9 Å². The van der Waals surface area contributed by atoms with Gasteiger partial charge < -0.3 is 10.2 Å². The van der Waals surface area contributed by atoms with Crippen LogP contribution >= 0.6 is 11.3 Å². The van der Waals surface area contributed by atoms with Crippen LogP contribution in [-0.4, -0.2) is 25.0 Å². The van der Waals surface area contributed by atoms with E-state index in [1.807, 2.05) is 64.0 Å². The van der Waals surface area contributed by atoms with Crippen LogP contribution in [0.3, 0.4) is 0 Å². The van der Waals surface area contributed by atoms with E-state index in [0.29, 0.717) is 0 Å². The van der Waals surface area contributed by atoms with Crippen LogP contribution in [0, 0.1) is 12.3 Å². The normalized spacial score (nSPS) is 11.4. The van der Waals surface area contributed by atoms with E-state index in [2.05, 4.69) is 17.2 Å². The minimum atomic E-state index is -0.398. The Bertz CT molecular complexity index is 666. The first kappa shape index (κ1) is 16.5. The summed E-state index contributed by atoms with van der Waals surface area (Å²) < 4.78 is 0. The van der Waals surface area contributed by atoms with Crippen molar-refractivity contribution < 1.29 is 4.79 Å². The van der Waals surface area contributed by atoms with Crippen LogP contribution < -0.4 is 10.2 Å². The molecule has 0 aliphatic heterocycles. The molecule has 0 saturated heterocycles. The average Bonchev–Trinajstić information content (AvgIpc) is 2.81. The molecule has 1 aromatic heterocycles. The first-order valence-corrected chi connectivity index (χ1v) is 8.07. The summed E-state index contributed by atoms with van der Waals surface area (Å²) in [5, 5.41) is 3.93.